The molecule has 0 unspecified atom stereocenters. The number of benzene rings is 1. The molecule has 0 fully saturated rings. The lowest BCUT2D eigenvalue weighted by Crippen LogP contribution is -2.22. The molecule has 2 aromatic heterocycles. The van der Waals surface area contributed by atoms with E-state index in [1.165, 1.54) is 0 Å². The van der Waals surface area contributed by atoms with E-state index in [9.17, 15) is 4.79 Å². The summed E-state index contributed by atoms with van der Waals surface area (Å²) in [5.74, 6) is -0.121. The first kappa shape index (κ1) is 18.8. The highest BCUT2D eigenvalue weighted by atomic mass is 16.1. The third-order valence-corrected chi connectivity index (χ3v) is 4.33. The van der Waals surface area contributed by atoms with Crippen LogP contribution in [-0.2, 0) is 20.1 Å². The van der Waals surface area contributed by atoms with Gasteiger partial charge in [-0.2, -0.15) is 5.10 Å². The van der Waals surface area contributed by atoms with Crippen molar-refractivity contribution in [3.05, 3.63) is 71.2 Å². The second kappa shape index (κ2) is 8.14. The number of pyridine rings is 1. The average Bonchev–Trinajstić information content (AvgIpc) is 3.00. The Balaban J connectivity index is 1.63. The van der Waals surface area contributed by atoms with Crippen LogP contribution in [0.5, 0.6) is 0 Å². The molecule has 3 rings (SSSR count). The number of nitrogens with one attached hydrogen (secondary N) is 1. The van der Waals surface area contributed by atoms with E-state index in [1.807, 2.05) is 63.1 Å². The second-order valence-corrected chi connectivity index (χ2v) is 6.95. The number of aromatic nitrogens is 3. The van der Waals surface area contributed by atoms with Crippen LogP contribution in [0.1, 0.15) is 27.3 Å². The molecule has 1 amide bonds. The molecular formula is C21H25N5O. The molecular weight excluding hydrogens is 338 g/mol. The molecule has 0 aliphatic heterocycles. The van der Waals surface area contributed by atoms with Crippen molar-refractivity contribution >= 4 is 5.91 Å². The molecule has 140 valence electrons. The number of carbonyl (C=O) groups is 1. The minimum atomic E-state index is -0.121. The van der Waals surface area contributed by atoms with E-state index in [1.54, 1.807) is 12.3 Å². The van der Waals surface area contributed by atoms with Gasteiger partial charge in [-0.1, -0.05) is 24.3 Å². The number of amides is 1. The third-order valence-electron chi connectivity index (χ3n) is 4.33. The van der Waals surface area contributed by atoms with Crippen LogP contribution >= 0.6 is 0 Å². The highest BCUT2D eigenvalue weighted by Crippen LogP contribution is 2.20. The van der Waals surface area contributed by atoms with Crippen LogP contribution < -0.4 is 5.32 Å². The van der Waals surface area contributed by atoms with Crippen LogP contribution in [0, 0.1) is 6.92 Å². The standard InChI is InChI=1S/C21H25N5O/c1-15-5-8-18(13-22-15)21(27)23-12-16-6-9-17(10-7-16)20-11-19(14-25(2)3)26(4)24-20/h5-11,13H,12,14H2,1-4H3,(H,23,27). The Kier molecular flexibility index (Phi) is 5.66. The van der Waals surface area contributed by atoms with Gasteiger partial charge in [0, 0.05) is 37.6 Å². The van der Waals surface area contributed by atoms with Gasteiger partial charge in [-0.05, 0) is 44.8 Å². The Labute approximate surface area is 159 Å². The topological polar surface area (TPSA) is 63.1 Å². The molecule has 1 aromatic carbocycles. The summed E-state index contributed by atoms with van der Waals surface area (Å²) in [5.41, 5.74) is 5.68. The van der Waals surface area contributed by atoms with Gasteiger partial charge in [0.15, 0.2) is 0 Å². The van der Waals surface area contributed by atoms with Crippen molar-refractivity contribution in [1.82, 2.24) is 25.0 Å². The Hall–Kier alpha value is -2.99. The summed E-state index contributed by atoms with van der Waals surface area (Å²) in [7, 11) is 6.05. The minimum Gasteiger partial charge on any atom is -0.348 e. The Morgan fingerprint density at radius 2 is 1.89 bits per heavy atom. The van der Waals surface area contributed by atoms with Crippen molar-refractivity contribution < 1.29 is 4.79 Å². The van der Waals surface area contributed by atoms with Gasteiger partial charge in [-0.15, -0.1) is 0 Å². The van der Waals surface area contributed by atoms with E-state index in [0.29, 0.717) is 12.1 Å². The molecule has 1 N–H and O–H groups in total. The largest absolute Gasteiger partial charge is 0.348 e. The molecule has 0 spiro atoms. The summed E-state index contributed by atoms with van der Waals surface area (Å²) in [6.45, 7) is 3.22. The zero-order valence-electron chi connectivity index (χ0n) is 16.2. The van der Waals surface area contributed by atoms with E-state index in [4.69, 9.17) is 0 Å². The number of rotatable bonds is 6. The van der Waals surface area contributed by atoms with Crippen molar-refractivity contribution in [3.63, 3.8) is 0 Å². The van der Waals surface area contributed by atoms with Crippen LogP contribution in [-0.4, -0.2) is 39.7 Å². The molecule has 0 radical (unpaired) electrons. The van der Waals surface area contributed by atoms with Gasteiger partial charge in [0.2, 0.25) is 0 Å². The first-order valence-corrected chi connectivity index (χ1v) is 8.90. The maximum absolute atomic E-state index is 12.2. The fraction of sp³-hybridized carbons (Fsp3) is 0.286. The highest BCUT2D eigenvalue weighted by molar-refractivity contribution is 5.93. The summed E-state index contributed by atoms with van der Waals surface area (Å²) in [6.07, 6.45) is 1.60. The molecule has 6 nitrogen and oxygen atoms in total. The van der Waals surface area contributed by atoms with Gasteiger partial charge in [0.25, 0.3) is 5.91 Å². The zero-order valence-corrected chi connectivity index (χ0v) is 16.2. The van der Waals surface area contributed by atoms with Crippen molar-refractivity contribution in [2.24, 2.45) is 7.05 Å². The average molecular weight is 363 g/mol. The number of hydrogen-bond donors (Lipinski definition) is 1. The quantitative estimate of drug-likeness (QED) is 0.731. The Morgan fingerprint density at radius 3 is 2.52 bits per heavy atom. The predicted molar refractivity (Wildman–Crippen MR) is 106 cm³/mol. The van der Waals surface area contributed by atoms with E-state index < -0.39 is 0 Å². The molecule has 6 heteroatoms. The number of nitrogens with zero attached hydrogens (tertiary/aromatic N) is 4. The van der Waals surface area contributed by atoms with Crippen LogP contribution in [0.4, 0.5) is 0 Å². The fourth-order valence-electron chi connectivity index (χ4n) is 2.80. The van der Waals surface area contributed by atoms with Gasteiger partial charge < -0.3 is 10.2 Å². The summed E-state index contributed by atoms with van der Waals surface area (Å²) in [6, 6.07) is 13.8. The molecule has 0 saturated heterocycles. The third kappa shape index (κ3) is 4.80. The van der Waals surface area contributed by atoms with Gasteiger partial charge in [0.05, 0.1) is 17.0 Å². The lowest BCUT2D eigenvalue weighted by Gasteiger charge is -2.08. The van der Waals surface area contributed by atoms with Gasteiger partial charge in [-0.25, -0.2) is 0 Å². The van der Waals surface area contributed by atoms with Crippen LogP contribution in [0.25, 0.3) is 11.3 Å². The molecule has 0 saturated carbocycles. The molecule has 0 bridgehead atoms. The minimum absolute atomic E-state index is 0.121. The molecule has 2 heterocycles. The predicted octanol–water partition coefficient (Wildman–Crippen LogP) is 2.78. The number of carbonyl (C=O) groups excluding carboxylic acids is 1. The number of hydrogen-bond acceptors (Lipinski definition) is 4. The SMILES string of the molecule is Cc1ccc(C(=O)NCc2ccc(-c3cc(CN(C)C)n(C)n3)cc2)cn1. The van der Waals surface area contributed by atoms with Gasteiger partial charge in [0.1, 0.15) is 0 Å². The summed E-state index contributed by atoms with van der Waals surface area (Å²) in [5, 5.41) is 7.52. The first-order chi connectivity index (χ1) is 12.9. The van der Waals surface area contributed by atoms with Crippen LogP contribution in [0.3, 0.4) is 0 Å². The summed E-state index contributed by atoms with van der Waals surface area (Å²) < 4.78 is 1.92. The molecule has 0 aliphatic carbocycles. The number of aryl methyl sites for hydroxylation is 2. The van der Waals surface area contributed by atoms with E-state index >= 15 is 0 Å². The maximum atomic E-state index is 12.2. The maximum Gasteiger partial charge on any atom is 0.253 e. The summed E-state index contributed by atoms with van der Waals surface area (Å²) >= 11 is 0. The second-order valence-electron chi connectivity index (χ2n) is 6.95. The van der Waals surface area contributed by atoms with Crippen molar-refractivity contribution in [2.75, 3.05) is 14.1 Å². The monoisotopic (exact) mass is 363 g/mol. The molecule has 0 atom stereocenters. The molecule has 3 aromatic rings. The normalized spacial score (nSPS) is 11.0. The molecule has 0 aliphatic rings. The van der Waals surface area contributed by atoms with Gasteiger partial charge >= 0.3 is 0 Å². The first-order valence-electron chi connectivity index (χ1n) is 8.90. The van der Waals surface area contributed by atoms with Crippen LogP contribution in [0.2, 0.25) is 0 Å². The zero-order chi connectivity index (χ0) is 19.4. The van der Waals surface area contributed by atoms with Crippen LogP contribution in [0.15, 0.2) is 48.7 Å². The smallest absolute Gasteiger partial charge is 0.253 e. The van der Waals surface area contributed by atoms with Crippen molar-refractivity contribution in [2.45, 2.75) is 20.0 Å². The fourth-order valence-corrected chi connectivity index (χ4v) is 2.80. The van der Waals surface area contributed by atoms with E-state index in [-0.39, 0.29) is 5.91 Å². The Morgan fingerprint density at radius 1 is 1.15 bits per heavy atom. The van der Waals surface area contributed by atoms with Crippen molar-refractivity contribution in [3.8, 4) is 11.3 Å². The van der Waals surface area contributed by atoms with E-state index in [2.05, 4.69) is 26.4 Å². The molecule has 27 heavy (non-hydrogen) atoms. The lowest BCUT2D eigenvalue weighted by molar-refractivity contribution is 0.0950. The Bertz CT molecular complexity index is 911. The lowest BCUT2D eigenvalue weighted by atomic mass is 10.1. The van der Waals surface area contributed by atoms with Gasteiger partial charge in [-0.3, -0.25) is 14.5 Å². The highest BCUT2D eigenvalue weighted by Gasteiger charge is 2.09. The van der Waals surface area contributed by atoms with E-state index in [0.717, 1.165) is 34.8 Å². The summed E-state index contributed by atoms with van der Waals surface area (Å²) in [4.78, 5) is 18.5. The van der Waals surface area contributed by atoms with Crippen molar-refractivity contribution in [1.29, 1.82) is 0 Å².